The Labute approximate surface area is 129 Å². The van der Waals surface area contributed by atoms with Crippen molar-refractivity contribution in [3.8, 4) is 11.4 Å². The number of benzene rings is 1. The van der Waals surface area contributed by atoms with Gasteiger partial charge in [-0.15, -0.1) is 10.2 Å². The van der Waals surface area contributed by atoms with Gasteiger partial charge in [0.2, 0.25) is 11.7 Å². The number of rotatable bonds is 4. The number of nitrogens with two attached hydrogens (primary N) is 1. The molecule has 0 aliphatic carbocycles. The number of pyridine rings is 1. The van der Waals surface area contributed by atoms with Gasteiger partial charge in [-0.25, -0.2) is 0 Å². The van der Waals surface area contributed by atoms with Crippen LogP contribution >= 0.6 is 0 Å². The lowest BCUT2D eigenvalue weighted by Crippen LogP contribution is -2.15. The molecule has 0 unspecified atom stereocenters. The summed E-state index contributed by atoms with van der Waals surface area (Å²) in [6, 6.07) is 9.81. The van der Waals surface area contributed by atoms with Crippen LogP contribution < -0.4 is 11.1 Å². The van der Waals surface area contributed by atoms with Crippen LogP contribution in [-0.4, -0.2) is 37.4 Å². The smallest absolute Gasteiger partial charge is 0.274 e. The highest BCUT2D eigenvalue weighted by Crippen LogP contribution is 2.17. The Bertz CT molecular complexity index is 827. The van der Waals surface area contributed by atoms with Crippen molar-refractivity contribution in [2.75, 3.05) is 5.32 Å². The van der Waals surface area contributed by atoms with Crippen molar-refractivity contribution in [2.45, 2.75) is 0 Å². The van der Waals surface area contributed by atoms with Gasteiger partial charge in [0.05, 0.1) is 5.56 Å². The first-order valence-electron chi connectivity index (χ1n) is 6.54. The summed E-state index contributed by atoms with van der Waals surface area (Å²) in [7, 11) is 0. The number of nitrogens with one attached hydrogen (secondary N) is 2. The summed E-state index contributed by atoms with van der Waals surface area (Å²) in [4.78, 5) is 27.0. The Hall–Kier alpha value is -3.62. The van der Waals surface area contributed by atoms with Gasteiger partial charge in [-0.1, -0.05) is 0 Å². The third-order valence-corrected chi connectivity index (χ3v) is 3.03. The second-order valence-electron chi connectivity index (χ2n) is 4.56. The van der Waals surface area contributed by atoms with Crippen LogP contribution in [0.2, 0.25) is 0 Å². The number of aromatic nitrogens is 5. The fraction of sp³-hybridized carbons (Fsp3) is 0. The first kappa shape index (κ1) is 14.3. The highest BCUT2D eigenvalue weighted by Gasteiger charge is 2.10. The monoisotopic (exact) mass is 309 g/mol. The molecule has 9 nitrogen and oxygen atoms in total. The van der Waals surface area contributed by atoms with Crippen LogP contribution in [0, 0.1) is 0 Å². The molecule has 3 aromatic rings. The van der Waals surface area contributed by atoms with Gasteiger partial charge in [0.25, 0.3) is 5.91 Å². The molecule has 9 heteroatoms. The molecule has 0 saturated carbocycles. The normalized spacial score (nSPS) is 10.3. The van der Waals surface area contributed by atoms with E-state index in [0.717, 1.165) is 5.56 Å². The lowest BCUT2D eigenvalue weighted by atomic mass is 10.2. The molecule has 0 aliphatic heterocycles. The Morgan fingerprint density at radius 3 is 2.43 bits per heavy atom. The molecule has 2 aromatic heterocycles. The molecule has 0 bridgehead atoms. The number of hydrogen-bond acceptors (Lipinski definition) is 6. The van der Waals surface area contributed by atoms with Crippen molar-refractivity contribution in [3.63, 3.8) is 0 Å². The Morgan fingerprint density at radius 2 is 1.87 bits per heavy atom. The molecular formula is C14H11N7O2. The summed E-state index contributed by atoms with van der Waals surface area (Å²) in [5.41, 5.74) is 6.89. The molecule has 0 atom stereocenters. The summed E-state index contributed by atoms with van der Waals surface area (Å²) in [6.07, 6.45) is 1.26. The summed E-state index contributed by atoms with van der Waals surface area (Å²) in [6.45, 7) is 0. The highest BCUT2D eigenvalue weighted by atomic mass is 16.2. The summed E-state index contributed by atoms with van der Waals surface area (Å²) in [5.74, 6) is -0.526. The molecule has 0 fully saturated rings. The second-order valence-corrected chi connectivity index (χ2v) is 4.56. The number of aromatic amines is 1. The maximum absolute atomic E-state index is 12.1. The molecule has 0 spiro atoms. The van der Waals surface area contributed by atoms with Crippen LogP contribution in [0.4, 0.5) is 5.69 Å². The van der Waals surface area contributed by atoms with Crippen molar-refractivity contribution in [3.05, 3.63) is 53.9 Å². The van der Waals surface area contributed by atoms with E-state index in [9.17, 15) is 9.59 Å². The lowest BCUT2D eigenvalue weighted by molar-refractivity contribution is 0.0993. The molecule has 2 heterocycles. The van der Waals surface area contributed by atoms with E-state index >= 15 is 0 Å². The number of hydrogen-bond donors (Lipinski definition) is 3. The number of H-pyrrole nitrogens is 1. The van der Waals surface area contributed by atoms with Gasteiger partial charge in [-0.2, -0.15) is 5.21 Å². The zero-order valence-electron chi connectivity index (χ0n) is 11.7. The molecule has 0 radical (unpaired) electrons. The van der Waals surface area contributed by atoms with Crippen molar-refractivity contribution in [1.82, 2.24) is 25.6 Å². The van der Waals surface area contributed by atoms with Crippen LogP contribution in [0.25, 0.3) is 11.4 Å². The van der Waals surface area contributed by atoms with E-state index in [1.807, 2.05) is 0 Å². The molecule has 23 heavy (non-hydrogen) atoms. The lowest BCUT2D eigenvalue weighted by Gasteiger charge is -2.05. The third-order valence-electron chi connectivity index (χ3n) is 3.03. The minimum atomic E-state index is -0.596. The SMILES string of the molecule is NC(=O)c1ccc(C(=O)Nc2ccc(-c3nn[nH]n3)cc2)nc1. The Balaban J connectivity index is 1.71. The van der Waals surface area contributed by atoms with Gasteiger partial charge in [-0.3, -0.25) is 14.6 Å². The molecule has 0 saturated heterocycles. The summed E-state index contributed by atoms with van der Waals surface area (Å²) in [5, 5.41) is 16.3. The Kier molecular flexibility index (Phi) is 3.75. The van der Waals surface area contributed by atoms with E-state index in [1.54, 1.807) is 24.3 Å². The quantitative estimate of drug-likeness (QED) is 0.645. The molecular weight excluding hydrogens is 298 g/mol. The van der Waals surface area contributed by atoms with Crippen LogP contribution in [-0.2, 0) is 0 Å². The topological polar surface area (TPSA) is 140 Å². The predicted molar refractivity (Wildman–Crippen MR) is 80.3 cm³/mol. The molecule has 1 aromatic carbocycles. The van der Waals surface area contributed by atoms with Gasteiger partial charge in [0.1, 0.15) is 5.69 Å². The Morgan fingerprint density at radius 1 is 1.09 bits per heavy atom. The van der Waals surface area contributed by atoms with Crippen LogP contribution in [0.15, 0.2) is 42.6 Å². The maximum atomic E-state index is 12.1. The average molecular weight is 309 g/mol. The van der Waals surface area contributed by atoms with Gasteiger partial charge in [0, 0.05) is 17.4 Å². The van der Waals surface area contributed by atoms with Gasteiger partial charge in [0.15, 0.2) is 0 Å². The van der Waals surface area contributed by atoms with Crippen molar-refractivity contribution >= 4 is 17.5 Å². The number of carbonyl (C=O) groups excluding carboxylic acids is 2. The minimum Gasteiger partial charge on any atom is -0.366 e. The van der Waals surface area contributed by atoms with E-state index in [1.165, 1.54) is 18.3 Å². The van der Waals surface area contributed by atoms with E-state index in [0.29, 0.717) is 11.5 Å². The zero-order valence-corrected chi connectivity index (χ0v) is 11.7. The number of tetrazole rings is 1. The van der Waals surface area contributed by atoms with Gasteiger partial charge >= 0.3 is 0 Å². The minimum absolute atomic E-state index is 0.178. The molecule has 3 rings (SSSR count). The third kappa shape index (κ3) is 3.18. The van der Waals surface area contributed by atoms with Crippen molar-refractivity contribution < 1.29 is 9.59 Å². The fourth-order valence-electron chi connectivity index (χ4n) is 1.86. The second kappa shape index (κ2) is 6.02. The summed E-state index contributed by atoms with van der Waals surface area (Å²) >= 11 is 0. The number of carbonyl (C=O) groups is 2. The van der Waals surface area contributed by atoms with Crippen LogP contribution in [0.3, 0.4) is 0 Å². The zero-order chi connectivity index (χ0) is 16.2. The van der Waals surface area contributed by atoms with Crippen LogP contribution in [0.1, 0.15) is 20.8 Å². The number of amides is 2. The highest BCUT2D eigenvalue weighted by molar-refractivity contribution is 6.03. The van der Waals surface area contributed by atoms with Crippen LogP contribution in [0.5, 0.6) is 0 Å². The molecule has 4 N–H and O–H groups in total. The first-order chi connectivity index (χ1) is 11.1. The fourth-order valence-corrected chi connectivity index (χ4v) is 1.86. The largest absolute Gasteiger partial charge is 0.366 e. The maximum Gasteiger partial charge on any atom is 0.274 e. The van der Waals surface area contributed by atoms with E-state index < -0.39 is 11.8 Å². The molecule has 0 aliphatic rings. The van der Waals surface area contributed by atoms with E-state index in [2.05, 4.69) is 30.9 Å². The number of nitrogens with zero attached hydrogens (tertiary/aromatic N) is 4. The standard InChI is InChI=1S/C14H11N7O2/c15-12(22)9-3-6-11(16-7-9)14(23)17-10-4-1-8(2-5-10)13-18-20-21-19-13/h1-7H,(H2,15,22)(H,17,23)(H,18,19,20,21). The first-order valence-corrected chi connectivity index (χ1v) is 6.54. The number of anilines is 1. The van der Waals surface area contributed by atoms with Crippen molar-refractivity contribution in [1.29, 1.82) is 0 Å². The van der Waals surface area contributed by atoms with Gasteiger partial charge in [-0.05, 0) is 41.6 Å². The van der Waals surface area contributed by atoms with E-state index in [-0.39, 0.29) is 11.3 Å². The average Bonchev–Trinajstić information content (AvgIpc) is 3.10. The van der Waals surface area contributed by atoms with E-state index in [4.69, 9.17) is 5.73 Å². The predicted octanol–water partition coefficient (Wildman–Crippen LogP) is 0.613. The molecule has 114 valence electrons. The van der Waals surface area contributed by atoms with Crippen molar-refractivity contribution in [2.24, 2.45) is 5.73 Å². The number of primary amides is 1. The van der Waals surface area contributed by atoms with Gasteiger partial charge < -0.3 is 11.1 Å². The summed E-state index contributed by atoms with van der Waals surface area (Å²) < 4.78 is 0. The molecule has 2 amide bonds.